The van der Waals surface area contributed by atoms with Crippen molar-refractivity contribution in [1.82, 2.24) is 0 Å². The highest BCUT2D eigenvalue weighted by molar-refractivity contribution is 9.10. The van der Waals surface area contributed by atoms with Crippen molar-refractivity contribution in [2.75, 3.05) is 0 Å². The molecule has 2 atom stereocenters. The lowest BCUT2D eigenvalue weighted by Crippen LogP contribution is -2.05. The van der Waals surface area contributed by atoms with Crippen molar-refractivity contribution in [2.45, 2.75) is 25.6 Å². The summed E-state index contributed by atoms with van der Waals surface area (Å²) in [4.78, 5) is 0. The van der Waals surface area contributed by atoms with Crippen LogP contribution in [0.1, 0.15) is 29.7 Å². The Labute approximate surface area is 125 Å². The monoisotopic (exact) mass is 336 g/mol. The zero-order valence-corrected chi connectivity index (χ0v) is 12.5. The highest BCUT2D eigenvalue weighted by Gasteiger charge is 2.22. The predicted molar refractivity (Wildman–Crippen MR) is 78.4 cm³/mol. The Morgan fingerprint density at radius 2 is 2.15 bits per heavy atom. The summed E-state index contributed by atoms with van der Waals surface area (Å²) in [6.07, 6.45) is -0.00894. The van der Waals surface area contributed by atoms with Crippen LogP contribution in [0.5, 0.6) is 5.75 Å². The Morgan fingerprint density at radius 1 is 1.35 bits per heavy atom. The molecule has 2 nitrogen and oxygen atoms in total. The summed E-state index contributed by atoms with van der Waals surface area (Å²) in [6, 6.07) is 10.4. The second-order valence-corrected chi connectivity index (χ2v) is 5.90. The molecule has 0 aromatic heterocycles. The lowest BCUT2D eigenvalue weighted by Gasteiger charge is -2.14. The average Bonchev–Trinajstić information content (AvgIpc) is 2.80. The van der Waals surface area contributed by atoms with Crippen LogP contribution < -0.4 is 4.74 Å². The van der Waals surface area contributed by atoms with Crippen LogP contribution in [0.15, 0.2) is 40.9 Å². The minimum absolute atomic E-state index is 0.153. The molecule has 0 fully saturated rings. The molecule has 1 aliphatic rings. The van der Waals surface area contributed by atoms with Crippen LogP contribution in [0.25, 0.3) is 0 Å². The fraction of sp³-hybridized carbons (Fsp3) is 0.250. The normalized spacial score (nSPS) is 18.5. The van der Waals surface area contributed by atoms with Crippen molar-refractivity contribution in [3.05, 3.63) is 63.4 Å². The van der Waals surface area contributed by atoms with Crippen molar-refractivity contribution >= 4 is 15.9 Å². The van der Waals surface area contributed by atoms with Gasteiger partial charge < -0.3 is 9.84 Å². The van der Waals surface area contributed by atoms with Crippen LogP contribution in [0.3, 0.4) is 0 Å². The van der Waals surface area contributed by atoms with E-state index in [0.29, 0.717) is 10.0 Å². The number of hydrogen-bond donors (Lipinski definition) is 1. The van der Waals surface area contributed by atoms with Gasteiger partial charge in [-0.05, 0) is 52.2 Å². The van der Waals surface area contributed by atoms with Crippen LogP contribution in [-0.4, -0.2) is 11.2 Å². The third kappa shape index (κ3) is 2.34. The molecular weight excluding hydrogens is 323 g/mol. The molecule has 0 spiro atoms. The van der Waals surface area contributed by atoms with E-state index in [-0.39, 0.29) is 11.7 Å². The molecule has 0 radical (unpaired) electrons. The quantitative estimate of drug-likeness (QED) is 0.898. The number of hydrogen-bond acceptors (Lipinski definition) is 2. The number of aliphatic hydroxyl groups is 1. The van der Waals surface area contributed by atoms with Crippen LogP contribution in [0.2, 0.25) is 0 Å². The van der Waals surface area contributed by atoms with Gasteiger partial charge in [0.15, 0.2) is 0 Å². The topological polar surface area (TPSA) is 29.5 Å². The first-order valence-corrected chi connectivity index (χ1v) is 7.27. The maximum atomic E-state index is 14.0. The molecule has 2 aromatic carbocycles. The van der Waals surface area contributed by atoms with Crippen molar-refractivity contribution in [2.24, 2.45) is 0 Å². The van der Waals surface area contributed by atoms with E-state index in [1.54, 1.807) is 24.3 Å². The Kier molecular flexibility index (Phi) is 3.52. The largest absolute Gasteiger partial charge is 0.490 e. The molecule has 20 heavy (non-hydrogen) atoms. The molecule has 2 aromatic rings. The molecule has 0 aliphatic carbocycles. The molecule has 104 valence electrons. The SMILES string of the molecule is CC1Cc2cc(C(O)c3cccc(Br)c3F)ccc2O1. The smallest absolute Gasteiger partial charge is 0.143 e. The Balaban J connectivity index is 1.97. The van der Waals surface area contributed by atoms with Crippen LogP contribution in [0, 0.1) is 5.82 Å². The van der Waals surface area contributed by atoms with Crippen molar-refractivity contribution < 1.29 is 14.2 Å². The van der Waals surface area contributed by atoms with Gasteiger partial charge in [0.1, 0.15) is 23.8 Å². The zero-order valence-electron chi connectivity index (χ0n) is 10.9. The minimum Gasteiger partial charge on any atom is -0.490 e. The second-order valence-electron chi connectivity index (χ2n) is 5.05. The summed E-state index contributed by atoms with van der Waals surface area (Å²) >= 11 is 3.14. The van der Waals surface area contributed by atoms with Crippen molar-refractivity contribution in [3.8, 4) is 5.75 Å². The van der Waals surface area contributed by atoms with E-state index in [2.05, 4.69) is 15.9 Å². The minimum atomic E-state index is -0.978. The standard InChI is InChI=1S/C16H14BrFO2/c1-9-7-11-8-10(5-6-14(11)20-9)16(19)12-3-2-4-13(17)15(12)18/h2-6,8-9,16,19H,7H2,1H3. The number of aliphatic hydroxyl groups excluding tert-OH is 1. The lowest BCUT2D eigenvalue weighted by molar-refractivity contribution is 0.214. The number of benzene rings is 2. The molecule has 0 bridgehead atoms. The van der Waals surface area contributed by atoms with E-state index in [1.807, 2.05) is 19.1 Å². The van der Waals surface area contributed by atoms with Gasteiger partial charge in [0.2, 0.25) is 0 Å². The number of halogens is 2. The summed E-state index contributed by atoms with van der Waals surface area (Å²) in [6.45, 7) is 2.00. The van der Waals surface area contributed by atoms with Gasteiger partial charge in [0, 0.05) is 12.0 Å². The van der Waals surface area contributed by atoms with Gasteiger partial charge in [-0.3, -0.25) is 0 Å². The average molecular weight is 337 g/mol. The summed E-state index contributed by atoms with van der Waals surface area (Å²) in [5, 5.41) is 10.4. The molecule has 3 rings (SSSR count). The Bertz CT molecular complexity index is 657. The zero-order chi connectivity index (χ0) is 14.3. The van der Waals surface area contributed by atoms with E-state index < -0.39 is 11.9 Å². The molecule has 2 unspecified atom stereocenters. The molecule has 1 aliphatic heterocycles. The fourth-order valence-corrected chi connectivity index (χ4v) is 2.90. The number of ether oxygens (including phenoxy) is 1. The summed E-state index contributed by atoms with van der Waals surface area (Å²) in [5.74, 6) is 0.424. The lowest BCUT2D eigenvalue weighted by atomic mass is 9.98. The van der Waals surface area contributed by atoms with Crippen LogP contribution in [-0.2, 0) is 6.42 Å². The van der Waals surface area contributed by atoms with E-state index in [9.17, 15) is 9.50 Å². The highest BCUT2D eigenvalue weighted by Crippen LogP contribution is 2.34. The van der Waals surface area contributed by atoms with Crippen molar-refractivity contribution in [3.63, 3.8) is 0 Å². The summed E-state index contributed by atoms with van der Waals surface area (Å²) in [7, 11) is 0. The first kappa shape index (κ1) is 13.6. The first-order chi connectivity index (χ1) is 9.56. The Hall–Kier alpha value is -1.39. The fourth-order valence-electron chi connectivity index (χ4n) is 2.52. The third-order valence-corrected chi connectivity index (χ3v) is 4.12. The van der Waals surface area contributed by atoms with Gasteiger partial charge in [0.05, 0.1) is 4.47 Å². The molecule has 1 N–H and O–H groups in total. The van der Waals surface area contributed by atoms with E-state index in [4.69, 9.17) is 4.74 Å². The Morgan fingerprint density at radius 3 is 2.95 bits per heavy atom. The van der Waals surface area contributed by atoms with Crippen LogP contribution in [0.4, 0.5) is 4.39 Å². The number of fused-ring (bicyclic) bond motifs is 1. The summed E-state index contributed by atoms with van der Waals surface area (Å²) < 4.78 is 20.0. The molecule has 1 heterocycles. The van der Waals surface area contributed by atoms with Gasteiger partial charge in [0.25, 0.3) is 0 Å². The van der Waals surface area contributed by atoms with E-state index >= 15 is 0 Å². The van der Waals surface area contributed by atoms with Gasteiger partial charge in [-0.2, -0.15) is 0 Å². The molecular formula is C16H14BrFO2. The third-order valence-electron chi connectivity index (χ3n) is 3.51. The predicted octanol–water partition coefficient (Wildman–Crippen LogP) is 3.99. The van der Waals surface area contributed by atoms with Gasteiger partial charge in [-0.15, -0.1) is 0 Å². The summed E-state index contributed by atoms with van der Waals surface area (Å²) in [5.41, 5.74) is 2.01. The maximum Gasteiger partial charge on any atom is 0.143 e. The highest BCUT2D eigenvalue weighted by atomic mass is 79.9. The maximum absolute atomic E-state index is 14.0. The first-order valence-electron chi connectivity index (χ1n) is 6.47. The second kappa shape index (κ2) is 5.19. The van der Waals surface area contributed by atoms with Gasteiger partial charge in [-0.25, -0.2) is 4.39 Å². The van der Waals surface area contributed by atoms with E-state index in [0.717, 1.165) is 17.7 Å². The molecule has 0 saturated carbocycles. The van der Waals surface area contributed by atoms with E-state index in [1.165, 1.54) is 0 Å². The molecule has 0 saturated heterocycles. The molecule has 0 amide bonds. The number of rotatable bonds is 2. The molecule has 4 heteroatoms. The van der Waals surface area contributed by atoms with Crippen molar-refractivity contribution in [1.29, 1.82) is 0 Å². The van der Waals surface area contributed by atoms with Gasteiger partial charge in [-0.1, -0.05) is 18.2 Å². The van der Waals surface area contributed by atoms with Gasteiger partial charge >= 0.3 is 0 Å². The van der Waals surface area contributed by atoms with Crippen LogP contribution >= 0.6 is 15.9 Å².